The van der Waals surface area contributed by atoms with Crippen LogP contribution in [-0.2, 0) is 4.74 Å². The van der Waals surface area contributed by atoms with Crippen molar-refractivity contribution in [3.8, 4) is 0 Å². The summed E-state index contributed by atoms with van der Waals surface area (Å²) in [6, 6.07) is 0. The number of morpholine rings is 1. The minimum absolute atomic E-state index is 0.145. The molecule has 1 atom stereocenters. The second-order valence-electron chi connectivity index (χ2n) is 2.34. The molecule has 0 saturated carbocycles. The maximum Gasteiger partial charge on any atom is 0.0943 e. The average molecular weight is 139 g/mol. The molecule has 0 radical (unpaired) electrons. The van der Waals surface area contributed by atoms with E-state index in [-0.39, 0.29) is 6.10 Å². The second-order valence-corrected chi connectivity index (χ2v) is 2.34. The molecule has 1 saturated heterocycles. The fourth-order valence-electron chi connectivity index (χ4n) is 0.935. The van der Waals surface area contributed by atoms with Crippen LogP contribution in [-0.4, -0.2) is 25.8 Å². The zero-order chi connectivity index (χ0) is 7.40. The molecule has 1 aliphatic rings. The zero-order valence-electron chi connectivity index (χ0n) is 6.10. The Bertz CT molecular complexity index is 136. The van der Waals surface area contributed by atoms with Crippen LogP contribution >= 0.6 is 0 Å². The highest BCUT2D eigenvalue weighted by Crippen LogP contribution is 2.06. The van der Waals surface area contributed by atoms with Gasteiger partial charge in [-0.2, -0.15) is 0 Å². The van der Waals surface area contributed by atoms with Crippen molar-refractivity contribution in [1.82, 2.24) is 5.32 Å². The smallest absolute Gasteiger partial charge is 0.0943 e. The Morgan fingerprint density at radius 2 is 2.50 bits per heavy atom. The fraction of sp³-hybridized carbons (Fsp3) is 0.500. The highest BCUT2D eigenvalue weighted by atomic mass is 16.5. The summed E-state index contributed by atoms with van der Waals surface area (Å²) in [5.41, 5.74) is 0.965. The average Bonchev–Trinajstić information content (AvgIpc) is 2.05. The van der Waals surface area contributed by atoms with Gasteiger partial charge >= 0.3 is 0 Å². The van der Waals surface area contributed by atoms with Crippen molar-refractivity contribution in [3.05, 3.63) is 24.8 Å². The molecule has 1 N–H and O–H groups in total. The molecule has 0 spiro atoms. The summed E-state index contributed by atoms with van der Waals surface area (Å²) in [7, 11) is 0. The van der Waals surface area contributed by atoms with Gasteiger partial charge in [-0.05, 0) is 5.57 Å². The summed E-state index contributed by atoms with van der Waals surface area (Å²) in [6.45, 7) is 10.0. The number of hydrogen-bond donors (Lipinski definition) is 1. The normalized spacial score (nSPS) is 25.8. The Labute approximate surface area is 61.6 Å². The standard InChI is InChI=1S/C8H13NO/c1-3-7(2)8-6-9-4-5-10-8/h3,8-9H,1-2,4-6H2. The molecule has 0 aliphatic carbocycles. The highest BCUT2D eigenvalue weighted by Gasteiger charge is 2.13. The SMILES string of the molecule is C=CC(=C)C1CNCCO1. The van der Waals surface area contributed by atoms with E-state index in [4.69, 9.17) is 4.74 Å². The topological polar surface area (TPSA) is 21.3 Å². The van der Waals surface area contributed by atoms with Gasteiger partial charge in [0.1, 0.15) is 0 Å². The van der Waals surface area contributed by atoms with E-state index in [1.54, 1.807) is 6.08 Å². The first kappa shape index (κ1) is 7.51. The van der Waals surface area contributed by atoms with Crippen molar-refractivity contribution < 1.29 is 4.74 Å². The first-order valence-corrected chi connectivity index (χ1v) is 3.48. The van der Waals surface area contributed by atoms with Crippen LogP contribution in [0.25, 0.3) is 0 Å². The second kappa shape index (κ2) is 3.54. The van der Waals surface area contributed by atoms with E-state index in [1.807, 2.05) is 0 Å². The number of rotatable bonds is 2. The Hall–Kier alpha value is -0.600. The Morgan fingerprint density at radius 1 is 1.70 bits per heavy atom. The predicted molar refractivity (Wildman–Crippen MR) is 41.9 cm³/mol. The molecule has 1 unspecified atom stereocenters. The van der Waals surface area contributed by atoms with E-state index >= 15 is 0 Å². The molecule has 56 valence electrons. The molecule has 1 fully saturated rings. The maximum absolute atomic E-state index is 5.40. The summed E-state index contributed by atoms with van der Waals surface area (Å²) in [5.74, 6) is 0. The van der Waals surface area contributed by atoms with Gasteiger partial charge in [0.05, 0.1) is 12.7 Å². The summed E-state index contributed by atoms with van der Waals surface area (Å²) in [6.07, 6.45) is 1.89. The van der Waals surface area contributed by atoms with E-state index < -0.39 is 0 Å². The van der Waals surface area contributed by atoms with Crippen molar-refractivity contribution in [3.63, 3.8) is 0 Å². The van der Waals surface area contributed by atoms with Gasteiger partial charge in [0.15, 0.2) is 0 Å². The third-order valence-corrected chi connectivity index (χ3v) is 1.60. The van der Waals surface area contributed by atoms with Crippen molar-refractivity contribution in [2.45, 2.75) is 6.10 Å². The molecule has 2 nitrogen and oxygen atoms in total. The third-order valence-electron chi connectivity index (χ3n) is 1.60. The molecule has 0 aromatic rings. The molecule has 10 heavy (non-hydrogen) atoms. The van der Waals surface area contributed by atoms with Crippen LogP contribution in [0.15, 0.2) is 24.8 Å². The van der Waals surface area contributed by atoms with Crippen molar-refractivity contribution >= 4 is 0 Å². The van der Waals surface area contributed by atoms with E-state index in [1.165, 1.54) is 0 Å². The Kier molecular flexibility index (Phi) is 2.66. The molecule has 1 aliphatic heterocycles. The lowest BCUT2D eigenvalue weighted by molar-refractivity contribution is 0.0542. The van der Waals surface area contributed by atoms with Crippen LogP contribution in [0, 0.1) is 0 Å². The monoisotopic (exact) mass is 139 g/mol. The molecule has 1 heterocycles. The molecule has 2 heteroatoms. The Balaban J connectivity index is 2.38. The fourth-order valence-corrected chi connectivity index (χ4v) is 0.935. The predicted octanol–water partition coefficient (Wildman–Crippen LogP) is 0.717. The van der Waals surface area contributed by atoms with Gasteiger partial charge in [-0.3, -0.25) is 0 Å². The summed E-state index contributed by atoms with van der Waals surface area (Å²) >= 11 is 0. The van der Waals surface area contributed by atoms with Crippen LogP contribution in [0.4, 0.5) is 0 Å². The van der Waals surface area contributed by atoms with Gasteiger partial charge < -0.3 is 10.1 Å². The van der Waals surface area contributed by atoms with Crippen LogP contribution < -0.4 is 5.32 Å². The van der Waals surface area contributed by atoms with Crippen LogP contribution in [0.5, 0.6) is 0 Å². The summed E-state index contributed by atoms with van der Waals surface area (Å²) in [5, 5.41) is 3.22. The Morgan fingerprint density at radius 3 is 3.00 bits per heavy atom. The van der Waals surface area contributed by atoms with Gasteiger partial charge in [0, 0.05) is 13.1 Å². The minimum Gasteiger partial charge on any atom is -0.371 e. The third kappa shape index (κ3) is 1.69. The van der Waals surface area contributed by atoms with Crippen molar-refractivity contribution in [1.29, 1.82) is 0 Å². The molecular formula is C8H13NO. The lowest BCUT2D eigenvalue weighted by Crippen LogP contribution is -2.38. The molecule has 0 bridgehead atoms. The molecule has 0 aromatic carbocycles. The van der Waals surface area contributed by atoms with E-state index in [0.29, 0.717) is 0 Å². The van der Waals surface area contributed by atoms with E-state index in [0.717, 1.165) is 25.3 Å². The van der Waals surface area contributed by atoms with Crippen molar-refractivity contribution in [2.24, 2.45) is 0 Å². The van der Waals surface area contributed by atoms with Crippen LogP contribution in [0.1, 0.15) is 0 Å². The number of nitrogens with one attached hydrogen (secondary N) is 1. The van der Waals surface area contributed by atoms with Gasteiger partial charge in [-0.15, -0.1) is 0 Å². The quantitative estimate of drug-likeness (QED) is 0.569. The van der Waals surface area contributed by atoms with E-state index in [2.05, 4.69) is 18.5 Å². The largest absolute Gasteiger partial charge is 0.371 e. The maximum atomic E-state index is 5.40. The van der Waals surface area contributed by atoms with Crippen molar-refractivity contribution in [2.75, 3.05) is 19.7 Å². The molecular weight excluding hydrogens is 126 g/mol. The first-order chi connectivity index (χ1) is 4.84. The highest BCUT2D eigenvalue weighted by molar-refractivity contribution is 5.17. The summed E-state index contributed by atoms with van der Waals surface area (Å²) in [4.78, 5) is 0. The van der Waals surface area contributed by atoms with Gasteiger partial charge in [0.25, 0.3) is 0 Å². The van der Waals surface area contributed by atoms with Crippen LogP contribution in [0.2, 0.25) is 0 Å². The zero-order valence-corrected chi connectivity index (χ0v) is 6.10. The van der Waals surface area contributed by atoms with Gasteiger partial charge in [-0.1, -0.05) is 19.2 Å². The van der Waals surface area contributed by atoms with Gasteiger partial charge in [-0.25, -0.2) is 0 Å². The van der Waals surface area contributed by atoms with Gasteiger partial charge in [0.2, 0.25) is 0 Å². The molecule has 0 amide bonds. The minimum atomic E-state index is 0.145. The lowest BCUT2D eigenvalue weighted by Gasteiger charge is -2.23. The number of hydrogen-bond acceptors (Lipinski definition) is 2. The lowest BCUT2D eigenvalue weighted by atomic mass is 10.1. The molecule has 1 rings (SSSR count). The first-order valence-electron chi connectivity index (χ1n) is 3.48. The summed E-state index contributed by atoms with van der Waals surface area (Å²) < 4.78 is 5.40. The molecule has 0 aromatic heterocycles. The van der Waals surface area contributed by atoms with E-state index in [9.17, 15) is 0 Å². The van der Waals surface area contributed by atoms with Crippen LogP contribution in [0.3, 0.4) is 0 Å². The number of ether oxygens (including phenoxy) is 1.